The van der Waals surface area contributed by atoms with Crippen molar-refractivity contribution in [2.75, 3.05) is 38.2 Å². The van der Waals surface area contributed by atoms with E-state index in [0.717, 1.165) is 43.1 Å². The molecule has 2 aromatic rings. The number of carbonyl (C=O) groups is 1. The zero-order chi connectivity index (χ0) is 18.7. The number of nitrogens with one attached hydrogen (secondary N) is 1. The van der Waals surface area contributed by atoms with Gasteiger partial charge in [0.1, 0.15) is 24.7 Å². The molecule has 0 atom stereocenters. The quantitative estimate of drug-likeness (QED) is 0.717. The smallest absolute Gasteiger partial charge is 0.241 e. The zero-order valence-corrected chi connectivity index (χ0v) is 15.7. The largest absolute Gasteiger partial charge is 0.490 e. The SMILES string of the molecule is O=C(CNc1cccc(OCCOc2ccccc2)c1)N1CCCCCC1. The molecule has 1 aliphatic heterocycles. The van der Waals surface area contributed by atoms with Crippen LogP contribution in [0.25, 0.3) is 0 Å². The topological polar surface area (TPSA) is 50.8 Å². The first kappa shape index (κ1) is 19.1. The van der Waals surface area contributed by atoms with Gasteiger partial charge in [-0.1, -0.05) is 37.1 Å². The minimum Gasteiger partial charge on any atom is -0.490 e. The first-order valence-corrected chi connectivity index (χ1v) is 9.73. The molecule has 0 spiro atoms. The van der Waals surface area contributed by atoms with Crippen LogP contribution in [0.1, 0.15) is 25.7 Å². The molecular weight excluding hydrogens is 340 g/mol. The van der Waals surface area contributed by atoms with E-state index in [4.69, 9.17) is 9.47 Å². The molecule has 1 amide bonds. The molecule has 0 aromatic heterocycles. The normalized spacial score (nSPS) is 14.3. The molecule has 0 saturated carbocycles. The Morgan fingerprint density at radius 3 is 2.26 bits per heavy atom. The van der Waals surface area contributed by atoms with Crippen LogP contribution in [-0.4, -0.2) is 43.7 Å². The molecule has 5 nitrogen and oxygen atoms in total. The highest BCUT2D eigenvalue weighted by atomic mass is 16.5. The number of rotatable bonds is 8. The standard InChI is InChI=1S/C22H28N2O3/c25-22(24-13-6-1-2-7-14-24)18-23-19-9-8-12-21(17-19)27-16-15-26-20-10-4-3-5-11-20/h3-5,8-12,17,23H,1-2,6-7,13-16,18H2. The zero-order valence-electron chi connectivity index (χ0n) is 15.7. The molecule has 0 unspecified atom stereocenters. The first-order chi connectivity index (χ1) is 13.3. The molecule has 5 heteroatoms. The molecule has 1 fully saturated rings. The van der Waals surface area contributed by atoms with Crippen LogP contribution in [0.15, 0.2) is 54.6 Å². The van der Waals surface area contributed by atoms with E-state index in [1.807, 2.05) is 59.5 Å². The Morgan fingerprint density at radius 2 is 1.52 bits per heavy atom. The van der Waals surface area contributed by atoms with E-state index < -0.39 is 0 Å². The fourth-order valence-electron chi connectivity index (χ4n) is 3.14. The van der Waals surface area contributed by atoms with Crippen molar-refractivity contribution in [2.24, 2.45) is 0 Å². The van der Waals surface area contributed by atoms with E-state index in [0.29, 0.717) is 19.8 Å². The van der Waals surface area contributed by atoms with Gasteiger partial charge in [-0.05, 0) is 37.1 Å². The van der Waals surface area contributed by atoms with Crippen LogP contribution in [0.2, 0.25) is 0 Å². The van der Waals surface area contributed by atoms with E-state index in [1.165, 1.54) is 12.8 Å². The van der Waals surface area contributed by atoms with Crippen LogP contribution in [0.4, 0.5) is 5.69 Å². The summed E-state index contributed by atoms with van der Waals surface area (Å²) in [6, 6.07) is 17.4. The predicted molar refractivity (Wildman–Crippen MR) is 107 cm³/mol. The Bertz CT molecular complexity index is 698. The molecule has 0 radical (unpaired) electrons. The summed E-state index contributed by atoms with van der Waals surface area (Å²) >= 11 is 0. The van der Waals surface area contributed by atoms with Crippen LogP contribution in [0.5, 0.6) is 11.5 Å². The third-order valence-electron chi connectivity index (χ3n) is 4.60. The van der Waals surface area contributed by atoms with E-state index >= 15 is 0 Å². The number of ether oxygens (including phenoxy) is 2. The lowest BCUT2D eigenvalue weighted by atomic mass is 10.2. The molecule has 0 bridgehead atoms. The fourth-order valence-corrected chi connectivity index (χ4v) is 3.14. The van der Waals surface area contributed by atoms with Gasteiger partial charge in [0.25, 0.3) is 0 Å². The van der Waals surface area contributed by atoms with Gasteiger partial charge in [-0.25, -0.2) is 0 Å². The van der Waals surface area contributed by atoms with E-state index in [1.54, 1.807) is 0 Å². The van der Waals surface area contributed by atoms with Gasteiger partial charge in [-0.15, -0.1) is 0 Å². The minimum atomic E-state index is 0.166. The van der Waals surface area contributed by atoms with Gasteiger partial charge in [0.05, 0.1) is 6.54 Å². The van der Waals surface area contributed by atoms with Crippen molar-refractivity contribution in [3.05, 3.63) is 54.6 Å². The summed E-state index contributed by atoms with van der Waals surface area (Å²) in [5.74, 6) is 1.77. The predicted octanol–water partition coefficient (Wildman–Crippen LogP) is 3.96. The van der Waals surface area contributed by atoms with Gasteiger partial charge in [0.15, 0.2) is 0 Å². The van der Waals surface area contributed by atoms with Gasteiger partial charge < -0.3 is 19.7 Å². The highest BCUT2D eigenvalue weighted by molar-refractivity contribution is 5.81. The van der Waals surface area contributed by atoms with Crippen molar-refractivity contribution in [3.8, 4) is 11.5 Å². The highest BCUT2D eigenvalue weighted by Gasteiger charge is 2.14. The van der Waals surface area contributed by atoms with Crippen LogP contribution in [0.3, 0.4) is 0 Å². The Labute approximate surface area is 161 Å². The third-order valence-corrected chi connectivity index (χ3v) is 4.60. The number of hydrogen-bond acceptors (Lipinski definition) is 4. The Balaban J connectivity index is 1.40. The number of carbonyl (C=O) groups excluding carboxylic acids is 1. The van der Waals surface area contributed by atoms with Gasteiger partial charge in [-0.2, -0.15) is 0 Å². The summed E-state index contributed by atoms with van der Waals surface area (Å²) in [6.07, 6.45) is 4.68. The van der Waals surface area contributed by atoms with Crippen molar-refractivity contribution in [1.82, 2.24) is 4.90 Å². The van der Waals surface area contributed by atoms with Crippen LogP contribution < -0.4 is 14.8 Å². The highest BCUT2D eigenvalue weighted by Crippen LogP contribution is 2.18. The number of para-hydroxylation sites is 1. The molecule has 1 N–H and O–H groups in total. The molecule has 27 heavy (non-hydrogen) atoms. The fraction of sp³-hybridized carbons (Fsp3) is 0.409. The van der Waals surface area contributed by atoms with Crippen molar-refractivity contribution in [1.29, 1.82) is 0 Å². The molecule has 2 aromatic carbocycles. The minimum absolute atomic E-state index is 0.166. The number of amides is 1. The molecular formula is C22H28N2O3. The van der Waals surface area contributed by atoms with Crippen molar-refractivity contribution >= 4 is 11.6 Å². The summed E-state index contributed by atoms with van der Waals surface area (Å²) < 4.78 is 11.4. The van der Waals surface area contributed by atoms with Crippen LogP contribution in [-0.2, 0) is 4.79 Å². The van der Waals surface area contributed by atoms with Gasteiger partial charge >= 0.3 is 0 Å². The lowest BCUT2D eigenvalue weighted by molar-refractivity contribution is -0.129. The summed E-state index contributed by atoms with van der Waals surface area (Å²) in [7, 11) is 0. The van der Waals surface area contributed by atoms with Crippen molar-refractivity contribution < 1.29 is 14.3 Å². The van der Waals surface area contributed by atoms with E-state index in [-0.39, 0.29) is 5.91 Å². The maximum Gasteiger partial charge on any atom is 0.241 e. The van der Waals surface area contributed by atoms with E-state index in [2.05, 4.69) is 5.32 Å². The van der Waals surface area contributed by atoms with Gasteiger partial charge in [-0.3, -0.25) is 4.79 Å². The maximum absolute atomic E-state index is 12.4. The summed E-state index contributed by atoms with van der Waals surface area (Å²) in [6.45, 7) is 3.02. The maximum atomic E-state index is 12.4. The number of hydrogen-bond donors (Lipinski definition) is 1. The monoisotopic (exact) mass is 368 g/mol. The summed E-state index contributed by atoms with van der Waals surface area (Å²) in [5.41, 5.74) is 0.889. The number of likely N-dealkylation sites (tertiary alicyclic amines) is 1. The Hall–Kier alpha value is -2.69. The Kier molecular flexibility index (Phi) is 7.39. The van der Waals surface area contributed by atoms with Crippen molar-refractivity contribution in [3.63, 3.8) is 0 Å². The summed E-state index contributed by atoms with van der Waals surface area (Å²) in [4.78, 5) is 14.3. The molecule has 1 heterocycles. The van der Waals surface area contributed by atoms with E-state index in [9.17, 15) is 4.79 Å². The Morgan fingerprint density at radius 1 is 0.852 bits per heavy atom. The molecule has 144 valence electrons. The van der Waals surface area contributed by atoms with Crippen LogP contribution >= 0.6 is 0 Å². The summed E-state index contributed by atoms with van der Waals surface area (Å²) in [5, 5.41) is 3.22. The van der Waals surface area contributed by atoms with Gasteiger partial charge in [0.2, 0.25) is 5.91 Å². The number of nitrogens with zero attached hydrogens (tertiary/aromatic N) is 1. The third kappa shape index (κ3) is 6.51. The number of anilines is 1. The second kappa shape index (κ2) is 10.5. The average Bonchev–Trinajstić information content (AvgIpc) is 3.00. The lowest BCUT2D eigenvalue weighted by Gasteiger charge is -2.20. The second-order valence-corrected chi connectivity index (χ2v) is 6.69. The lowest BCUT2D eigenvalue weighted by Crippen LogP contribution is -2.36. The first-order valence-electron chi connectivity index (χ1n) is 9.73. The molecule has 3 rings (SSSR count). The molecule has 0 aliphatic carbocycles. The average molecular weight is 368 g/mol. The molecule has 1 saturated heterocycles. The number of benzene rings is 2. The van der Waals surface area contributed by atoms with Crippen molar-refractivity contribution in [2.45, 2.75) is 25.7 Å². The van der Waals surface area contributed by atoms with Crippen LogP contribution in [0, 0.1) is 0 Å². The van der Waals surface area contributed by atoms with Gasteiger partial charge in [0, 0.05) is 24.8 Å². The molecule has 1 aliphatic rings. The second-order valence-electron chi connectivity index (χ2n) is 6.69.